The summed E-state index contributed by atoms with van der Waals surface area (Å²) in [6.45, 7) is 8.79. The van der Waals surface area contributed by atoms with Gasteiger partial charge in [0.1, 0.15) is 17.5 Å². The third-order valence-electron chi connectivity index (χ3n) is 4.13. The largest absolute Gasteiger partial charge is 0.369 e. The third-order valence-corrected chi connectivity index (χ3v) is 4.13. The highest BCUT2D eigenvalue weighted by molar-refractivity contribution is 5.87. The van der Waals surface area contributed by atoms with E-state index in [1.807, 2.05) is 6.92 Å². The van der Waals surface area contributed by atoms with Crippen molar-refractivity contribution in [3.8, 4) is 0 Å². The molecular weight excluding hydrogens is 266 g/mol. The van der Waals surface area contributed by atoms with E-state index in [4.69, 9.17) is 4.52 Å². The predicted molar refractivity (Wildman–Crippen MR) is 82.3 cm³/mol. The maximum Gasteiger partial charge on any atom is 0.263 e. The lowest BCUT2D eigenvalue weighted by atomic mass is 10.0. The second-order valence-electron chi connectivity index (χ2n) is 6.00. The minimum atomic E-state index is 0.551. The van der Waals surface area contributed by atoms with Gasteiger partial charge in [0, 0.05) is 13.1 Å². The van der Waals surface area contributed by atoms with Crippen LogP contribution < -0.4 is 5.32 Å². The van der Waals surface area contributed by atoms with Crippen molar-refractivity contribution in [2.45, 2.75) is 33.1 Å². The highest BCUT2D eigenvalue weighted by atomic mass is 16.5. The Morgan fingerprint density at radius 2 is 2.33 bits per heavy atom. The number of rotatable bonds is 5. The molecule has 1 saturated heterocycles. The van der Waals surface area contributed by atoms with Gasteiger partial charge < -0.3 is 14.7 Å². The number of anilines is 1. The molecule has 6 nitrogen and oxygen atoms in total. The van der Waals surface area contributed by atoms with Crippen LogP contribution in [0.1, 0.15) is 31.9 Å². The summed E-state index contributed by atoms with van der Waals surface area (Å²) in [5, 5.41) is 8.22. The molecule has 1 atom stereocenters. The molecule has 21 heavy (non-hydrogen) atoms. The van der Waals surface area contributed by atoms with Crippen molar-refractivity contribution >= 4 is 16.9 Å². The standard InChI is InChI=1S/C15H23N5O/c1-11-5-3-7-20(9-11)8-4-6-16-14-13-12(2)19-21-15(13)18-10-17-14/h10-11H,3-9H2,1-2H3,(H,16,17,18). The number of piperidine rings is 1. The molecule has 0 radical (unpaired) electrons. The molecule has 1 N–H and O–H groups in total. The van der Waals surface area contributed by atoms with Gasteiger partial charge in [-0.05, 0) is 45.2 Å². The smallest absolute Gasteiger partial charge is 0.263 e. The first-order chi connectivity index (χ1) is 10.2. The van der Waals surface area contributed by atoms with Crippen molar-refractivity contribution in [1.82, 2.24) is 20.0 Å². The minimum absolute atomic E-state index is 0.551. The van der Waals surface area contributed by atoms with Crippen LogP contribution >= 0.6 is 0 Å². The van der Waals surface area contributed by atoms with Crippen LogP contribution in [0, 0.1) is 12.8 Å². The Morgan fingerprint density at radius 1 is 1.43 bits per heavy atom. The fraction of sp³-hybridized carbons (Fsp3) is 0.667. The summed E-state index contributed by atoms with van der Waals surface area (Å²) in [4.78, 5) is 11.0. The van der Waals surface area contributed by atoms with Crippen LogP contribution in [0.5, 0.6) is 0 Å². The molecule has 1 aliphatic heterocycles. The van der Waals surface area contributed by atoms with Crippen LogP contribution in [-0.2, 0) is 0 Å². The number of hydrogen-bond donors (Lipinski definition) is 1. The first-order valence-corrected chi connectivity index (χ1v) is 7.77. The molecule has 1 aliphatic rings. The molecule has 1 fully saturated rings. The lowest BCUT2D eigenvalue weighted by molar-refractivity contribution is 0.183. The van der Waals surface area contributed by atoms with E-state index in [1.165, 1.54) is 32.3 Å². The number of fused-ring (bicyclic) bond motifs is 1. The predicted octanol–water partition coefficient (Wildman–Crippen LogP) is 2.46. The summed E-state index contributed by atoms with van der Waals surface area (Å²) in [6, 6.07) is 0. The van der Waals surface area contributed by atoms with E-state index in [2.05, 4.69) is 32.3 Å². The zero-order chi connectivity index (χ0) is 14.7. The van der Waals surface area contributed by atoms with Gasteiger partial charge in [-0.15, -0.1) is 0 Å². The molecule has 0 aromatic carbocycles. The first kappa shape index (κ1) is 14.3. The highest BCUT2D eigenvalue weighted by Gasteiger charge is 2.15. The zero-order valence-electron chi connectivity index (χ0n) is 12.8. The average molecular weight is 289 g/mol. The maximum absolute atomic E-state index is 5.15. The molecule has 0 aliphatic carbocycles. The number of likely N-dealkylation sites (tertiary alicyclic amines) is 1. The molecule has 0 saturated carbocycles. The van der Waals surface area contributed by atoms with Gasteiger partial charge in [-0.25, -0.2) is 4.98 Å². The van der Waals surface area contributed by atoms with Crippen molar-refractivity contribution in [1.29, 1.82) is 0 Å². The molecular formula is C15H23N5O. The quantitative estimate of drug-likeness (QED) is 0.853. The number of aromatic nitrogens is 3. The molecule has 114 valence electrons. The summed E-state index contributed by atoms with van der Waals surface area (Å²) in [5.41, 5.74) is 1.38. The molecule has 3 heterocycles. The number of nitrogens with zero attached hydrogens (tertiary/aromatic N) is 4. The zero-order valence-corrected chi connectivity index (χ0v) is 12.8. The van der Waals surface area contributed by atoms with E-state index in [-0.39, 0.29) is 0 Å². The normalized spacial score (nSPS) is 20.0. The Balaban J connectivity index is 1.51. The molecule has 0 bridgehead atoms. The van der Waals surface area contributed by atoms with Gasteiger partial charge in [-0.2, -0.15) is 4.98 Å². The van der Waals surface area contributed by atoms with Crippen LogP contribution in [-0.4, -0.2) is 46.2 Å². The summed E-state index contributed by atoms with van der Waals surface area (Å²) in [7, 11) is 0. The fourth-order valence-electron chi connectivity index (χ4n) is 3.06. The lowest BCUT2D eigenvalue weighted by Gasteiger charge is -2.30. The average Bonchev–Trinajstić information content (AvgIpc) is 2.86. The van der Waals surface area contributed by atoms with Gasteiger partial charge in [0.25, 0.3) is 5.71 Å². The Hall–Kier alpha value is -1.69. The van der Waals surface area contributed by atoms with Crippen LogP contribution in [0.2, 0.25) is 0 Å². The Bertz CT molecular complexity index is 597. The molecule has 3 rings (SSSR count). The number of nitrogens with one attached hydrogen (secondary N) is 1. The van der Waals surface area contributed by atoms with E-state index < -0.39 is 0 Å². The molecule has 0 spiro atoms. The van der Waals surface area contributed by atoms with Crippen LogP contribution in [0.4, 0.5) is 5.82 Å². The third kappa shape index (κ3) is 3.32. The van der Waals surface area contributed by atoms with Crippen LogP contribution in [0.25, 0.3) is 11.1 Å². The van der Waals surface area contributed by atoms with Gasteiger partial charge in [0.15, 0.2) is 0 Å². The van der Waals surface area contributed by atoms with Crippen molar-refractivity contribution in [2.75, 3.05) is 31.5 Å². The van der Waals surface area contributed by atoms with Crippen molar-refractivity contribution in [2.24, 2.45) is 5.92 Å². The monoisotopic (exact) mass is 289 g/mol. The van der Waals surface area contributed by atoms with Crippen molar-refractivity contribution in [3.05, 3.63) is 12.0 Å². The van der Waals surface area contributed by atoms with E-state index in [9.17, 15) is 0 Å². The van der Waals surface area contributed by atoms with Crippen LogP contribution in [0.3, 0.4) is 0 Å². The summed E-state index contributed by atoms with van der Waals surface area (Å²) < 4.78 is 5.15. The van der Waals surface area contributed by atoms with Crippen molar-refractivity contribution < 1.29 is 4.52 Å². The fourth-order valence-corrected chi connectivity index (χ4v) is 3.06. The lowest BCUT2D eigenvalue weighted by Crippen LogP contribution is -2.35. The summed E-state index contributed by atoms with van der Waals surface area (Å²) in [6.07, 6.45) is 5.34. The molecule has 2 aromatic heterocycles. The second-order valence-corrected chi connectivity index (χ2v) is 6.00. The Morgan fingerprint density at radius 3 is 3.19 bits per heavy atom. The van der Waals surface area contributed by atoms with Gasteiger partial charge in [0.2, 0.25) is 0 Å². The first-order valence-electron chi connectivity index (χ1n) is 7.77. The van der Waals surface area contributed by atoms with Gasteiger partial charge in [-0.1, -0.05) is 12.1 Å². The Labute approximate surface area is 124 Å². The molecule has 2 aromatic rings. The number of hydrogen-bond acceptors (Lipinski definition) is 6. The molecule has 6 heteroatoms. The summed E-state index contributed by atoms with van der Waals surface area (Å²) in [5.74, 6) is 1.67. The highest BCUT2D eigenvalue weighted by Crippen LogP contribution is 2.22. The van der Waals surface area contributed by atoms with Crippen LogP contribution in [0.15, 0.2) is 10.9 Å². The topological polar surface area (TPSA) is 67.1 Å². The molecule has 0 amide bonds. The van der Waals surface area contributed by atoms with E-state index in [1.54, 1.807) is 0 Å². The SMILES string of the molecule is Cc1noc2ncnc(NCCCN3CCCC(C)C3)c12. The van der Waals surface area contributed by atoms with Gasteiger partial charge in [0.05, 0.1) is 5.69 Å². The van der Waals surface area contributed by atoms with E-state index in [0.29, 0.717) is 5.71 Å². The maximum atomic E-state index is 5.15. The number of aryl methyl sites for hydroxylation is 1. The van der Waals surface area contributed by atoms with Gasteiger partial charge in [-0.3, -0.25) is 0 Å². The second kappa shape index (κ2) is 6.39. The van der Waals surface area contributed by atoms with E-state index >= 15 is 0 Å². The van der Waals surface area contributed by atoms with Crippen molar-refractivity contribution in [3.63, 3.8) is 0 Å². The minimum Gasteiger partial charge on any atom is -0.369 e. The molecule has 1 unspecified atom stereocenters. The summed E-state index contributed by atoms with van der Waals surface area (Å²) >= 11 is 0. The van der Waals surface area contributed by atoms with E-state index in [0.717, 1.165) is 42.3 Å². The van der Waals surface area contributed by atoms with Gasteiger partial charge >= 0.3 is 0 Å². The Kier molecular flexibility index (Phi) is 4.34.